The molecule has 2 heterocycles. The molecule has 1 N–H and O–H groups in total. The molecule has 0 radical (unpaired) electrons. The maximum absolute atomic E-state index is 13.5. The zero-order valence-electron chi connectivity index (χ0n) is 14.4. The lowest BCUT2D eigenvalue weighted by Gasteiger charge is -2.22. The van der Waals surface area contributed by atoms with E-state index < -0.39 is 41.1 Å². The molecule has 0 aliphatic carbocycles. The summed E-state index contributed by atoms with van der Waals surface area (Å²) in [5, 5.41) is 4.07. The summed E-state index contributed by atoms with van der Waals surface area (Å²) in [4.78, 5) is 16.5. The molecule has 0 aliphatic rings. The van der Waals surface area contributed by atoms with Crippen molar-refractivity contribution in [2.24, 2.45) is 0 Å². The molecule has 0 spiro atoms. The Morgan fingerprint density at radius 2 is 1.62 bits per heavy atom. The second kappa shape index (κ2) is 7.86. The third-order valence-corrected chi connectivity index (χ3v) is 4.88. The number of carbonyl (C=O) groups is 1. The highest BCUT2D eigenvalue weighted by atomic mass is 32.1. The fourth-order valence-electron chi connectivity index (χ4n) is 2.67. The minimum atomic E-state index is -4.76. The van der Waals surface area contributed by atoms with E-state index in [2.05, 4.69) is 10.3 Å². The fourth-order valence-corrected chi connectivity index (χ4v) is 3.30. The first-order valence-corrected chi connectivity index (χ1v) is 8.99. The molecule has 0 fully saturated rings. The van der Waals surface area contributed by atoms with Crippen molar-refractivity contribution in [2.45, 2.75) is 18.4 Å². The van der Waals surface area contributed by atoms with Crippen LogP contribution in [0.2, 0.25) is 0 Å². The van der Waals surface area contributed by atoms with Crippen molar-refractivity contribution in [2.75, 3.05) is 0 Å². The number of hydrogen-bond acceptors (Lipinski definition) is 3. The number of carbonyl (C=O) groups excluding carboxylic acids is 1. The SMILES string of the molecule is O=C(N[C@@H](c1ccc(C(F)(F)F)cc1)c1ncccc1C(F)(F)F)c1cccs1. The predicted molar refractivity (Wildman–Crippen MR) is 94.3 cm³/mol. The van der Waals surface area contributed by atoms with Gasteiger partial charge < -0.3 is 5.32 Å². The molecule has 1 amide bonds. The summed E-state index contributed by atoms with van der Waals surface area (Å²) in [7, 11) is 0. The summed E-state index contributed by atoms with van der Waals surface area (Å²) in [6, 6.07) is 7.11. The predicted octanol–water partition coefficient (Wildman–Crippen LogP) is 5.70. The second-order valence-corrected chi connectivity index (χ2v) is 6.89. The number of thiophene rings is 1. The van der Waals surface area contributed by atoms with Crippen molar-refractivity contribution in [3.8, 4) is 0 Å². The monoisotopic (exact) mass is 430 g/mol. The first-order valence-electron chi connectivity index (χ1n) is 8.11. The zero-order chi connectivity index (χ0) is 21.2. The van der Waals surface area contributed by atoms with E-state index in [9.17, 15) is 31.1 Å². The molecule has 3 aromatic rings. The van der Waals surface area contributed by atoms with Crippen molar-refractivity contribution in [3.05, 3.63) is 87.4 Å². The number of hydrogen-bond donors (Lipinski definition) is 1. The van der Waals surface area contributed by atoms with E-state index in [4.69, 9.17) is 0 Å². The van der Waals surface area contributed by atoms with Crippen LogP contribution in [0.5, 0.6) is 0 Å². The molecule has 0 saturated carbocycles. The van der Waals surface area contributed by atoms with E-state index in [1.54, 1.807) is 11.4 Å². The fraction of sp³-hybridized carbons (Fsp3) is 0.158. The van der Waals surface area contributed by atoms with Crippen molar-refractivity contribution >= 4 is 17.2 Å². The number of pyridine rings is 1. The number of amides is 1. The Morgan fingerprint density at radius 1 is 0.931 bits per heavy atom. The zero-order valence-corrected chi connectivity index (χ0v) is 15.2. The molecule has 0 bridgehead atoms. The molecule has 1 aromatic carbocycles. The van der Waals surface area contributed by atoms with E-state index in [-0.39, 0.29) is 10.4 Å². The van der Waals surface area contributed by atoms with Gasteiger partial charge >= 0.3 is 12.4 Å². The van der Waals surface area contributed by atoms with E-state index in [1.807, 2.05) is 0 Å². The van der Waals surface area contributed by atoms with Crippen molar-refractivity contribution < 1.29 is 31.1 Å². The van der Waals surface area contributed by atoms with E-state index in [0.29, 0.717) is 0 Å². The molecule has 29 heavy (non-hydrogen) atoms. The summed E-state index contributed by atoms with van der Waals surface area (Å²) in [6.45, 7) is 0. The highest BCUT2D eigenvalue weighted by Gasteiger charge is 2.37. The average molecular weight is 430 g/mol. The Balaban J connectivity index is 2.07. The van der Waals surface area contributed by atoms with E-state index in [1.165, 1.54) is 6.07 Å². The molecule has 10 heteroatoms. The van der Waals surface area contributed by atoms with Gasteiger partial charge in [-0.1, -0.05) is 18.2 Å². The van der Waals surface area contributed by atoms with Crippen molar-refractivity contribution in [1.29, 1.82) is 0 Å². The van der Waals surface area contributed by atoms with Crippen LogP contribution in [-0.2, 0) is 12.4 Å². The highest BCUT2D eigenvalue weighted by molar-refractivity contribution is 7.12. The van der Waals surface area contributed by atoms with Gasteiger partial charge in [-0.2, -0.15) is 26.3 Å². The van der Waals surface area contributed by atoms with Gasteiger partial charge in [0.05, 0.1) is 27.7 Å². The van der Waals surface area contributed by atoms with Gasteiger partial charge in [-0.15, -0.1) is 11.3 Å². The van der Waals surface area contributed by atoms with Gasteiger partial charge in [0.1, 0.15) is 0 Å². The molecule has 0 saturated heterocycles. The van der Waals surface area contributed by atoms with Crippen LogP contribution < -0.4 is 5.32 Å². The maximum atomic E-state index is 13.5. The summed E-state index contributed by atoms with van der Waals surface area (Å²) in [5.41, 5.74) is -2.52. The normalized spacial score (nSPS) is 13.2. The Morgan fingerprint density at radius 3 is 2.17 bits per heavy atom. The number of aromatic nitrogens is 1. The molecule has 3 rings (SSSR count). The van der Waals surface area contributed by atoms with Crippen LogP contribution in [0.15, 0.2) is 60.1 Å². The first-order chi connectivity index (χ1) is 13.6. The largest absolute Gasteiger partial charge is 0.418 e. The number of benzene rings is 1. The summed E-state index contributed by atoms with van der Waals surface area (Å²) in [5.74, 6) is -0.663. The lowest BCUT2D eigenvalue weighted by molar-refractivity contribution is -0.139. The number of alkyl halides is 6. The van der Waals surface area contributed by atoms with Gasteiger partial charge in [0.25, 0.3) is 5.91 Å². The molecule has 2 aromatic heterocycles. The van der Waals surface area contributed by atoms with Gasteiger partial charge in [0, 0.05) is 6.20 Å². The Kier molecular flexibility index (Phi) is 5.65. The van der Waals surface area contributed by atoms with Crippen LogP contribution in [0.25, 0.3) is 0 Å². The number of rotatable bonds is 4. The average Bonchev–Trinajstić information content (AvgIpc) is 3.20. The molecule has 0 aliphatic heterocycles. The van der Waals surface area contributed by atoms with Crippen LogP contribution in [-0.4, -0.2) is 10.9 Å². The molecule has 0 unspecified atom stereocenters. The van der Waals surface area contributed by atoms with Crippen LogP contribution in [0.4, 0.5) is 26.3 Å². The topological polar surface area (TPSA) is 42.0 Å². The molecule has 152 valence electrons. The summed E-state index contributed by atoms with van der Waals surface area (Å²) >= 11 is 1.08. The number of nitrogens with one attached hydrogen (secondary N) is 1. The van der Waals surface area contributed by atoms with Crippen LogP contribution >= 0.6 is 11.3 Å². The van der Waals surface area contributed by atoms with E-state index in [0.717, 1.165) is 53.9 Å². The quantitative estimate of drug-likeness (QED) is 0.540. The molecular formula is C19H12F6N2OS. The minimum Gasteiger partial charge on any atom is -0.339 e. The van der Waals surface area contributed by atoms with Crippen LogP contribution in [0.1, 0.15) is 38.1 Å². The van der Waals surface area contributed by atoms with Gasteiger partial charge in [-0.05, 0) is 41.3 Å². The summed E-state index contributed by atoms with van der Waals surface area (Å²) in [6.07, 6.45) is -8.24. The van der Waals surface area contributed by atoms with Gasteiger partial charge in [0.2, 0.25) is 0 Å². The van der Waals surface area contributed by atoms with Gasteiger partial charge in [-0.3, -0.25) is 9.78 Å². The lowest BCUT2D eigenvalue weighted by atomic mass is 9.97. The van der Waals surface area contributed by atoms with Gasteiger partial charge in [0.15, 0.2) is 0 Å². The Hall–Kier alpha value is -2.88. The van der Waals surface area contributed by atoms with Crippen LogP contribution in [0.3, 0.4) is 0 Å². The number of nitrogens with zero attached hydrogens (tertiary/aromatic N) is 1. The standard InChI is InChI=1S/C19H12F6N2OS/c20-18(21,22)12-7-5-11(6-8-12)15(27-17(28)14-4-2-10-29-14)16-13(19(23,24)25)3-1-9-26-16/h1-10,15H,(H,27,28)/t15-/m0/s1. The van der Waals surface area contributed by atoms with E-state index >= 15 is 0 Å². The molecule has 3 nitrogen and oxygen atoms in total. The maximum Gasteiger partial charge on any atom is 0.418 e. The third-order valence-electron chi connectivity index (χ3n) is 4.01. The molecule has 1 atom stereocenters. The highest BCUT2D eigenvalue weighted by Crippen LogP contribution is 2.36. The van der Waals surface area contributed by atoms with Crippen LogP contribution in [0, 0.1) is 0 Å². The first kappa shape index (κ1) is 20.8. The number of halogens is 6. The smallest absolute Gasteiger partial charge is 0.339 e. The summed E-state index contributed by atoms with van der Waals surface area (Å²) < 4.78 is 78.9. The second-order valence-electron chi connectivity index (χ2n) is 5.94. The molecular weight excluding hydrogens is 418 g/mol. The minimum absolute atomic E-state index is 0.0344. The Bertz CT molecular complexity index is 981. The van der Waals surface area contributed by atoms with Gasteiger partial charge in [-0.25, -0.2) is 0 Å². The third kappa shape index (κ3) is 4.76. The Labute approximate surface area is 165 Å². The lowest BCUT2D eigenvalue weighted by Crippen LogP contribution is -2.31. The van der Waals surface area contributed by atoms with Crippen molar-refractivity contribution in [1.82, 2.24) is 10.3 Å². The van der Waals surface area contributed by atoms with Crippen molar-refractivity contribution in [3.63, 3.8) is 0 Å².